The number of carbonyl (C=O) groups excluding carboxylic acids is 1. The molecule has 0 aliphatic carbocycles. The summed E-state index contributed by atoms with van der Waals surface area (Å²) in [6.07, 6.45) is 0. The topological polar surface area (TPSA) is 42.0 Å². The third kappa shape index (κ3) is 2.97. The van der Waals surface area contributed by atoms with E-state index in [1.807, 2.05) is 32.0 Å². The van der Waals surface area contributed by atoms with E-state index in [2.05, 4.69) is 26.2 Å². The molecule has 0 aliphatic rings. The molecule has 1 aromatic heterocycles. The van der Waals surface area contributed by atoms with Gasteiger partial charge in [0, 0.05) is 9.35 Å². The number of nitrogens with zero attached hydrogens (tertiary/aromatic N) is 1. The number of aryl methyl sites for hydroxylation is 2. The molecule has 3 nitrogen and oxygen atoms in total. The van der Waals surface area contributed by atoms with Crippen molar-refractivity contribution in [2.45, 2.75) is 20.4 Å². The molecule has 18 heavy (non-hydrogen) atoms. The standard InChI is InChI=1S/C13H13BrN2OS/c1-8-3-4-11(14)10(5-8)13(17)15-6-12-9(2)16-7-18-12/h3-5,7H,6H2,1-2H3,(H,15,17). The molecular formula is C13H13BrN2OS. The average Bonchev–Trinajstić information content (AvgIpc) is 2.75. The van der Waals surface area contributed by atoms with Crippen molar-refractivity contribution in [2.75, 3.05) is 0 Å². The molecule has 2 aromatic rings. The van der Waals surface area contributed by atoms with Crippen molar-refractivity contribution in [2.24, 2.45) is 0 Å². The van der Waals surface area contributed by atoms with Crippen LogP contribution in [0.3, 0.4) is 0 Å². The molecule has 0 bridgehead atoms. The molecule has 0 unspecified atom stereocenters. The Morgan fingerprint density at radius 1 is 1.44 bits per heavy atom. The van der Waals surface area contributed by atoms with Crippen LogP contribution >= 0.6 is 27.3 Å². The first-order valence-electron chi connectivity index (χ1n) is 5.51. The maximum absolute atomic E-state index is 12.1. The highest BCUT2D eigenvalue weighted by Crippen LogP contribution is 2.18. The third-order valence-corrected chi connectivity index (χ3v) is 4.25. The number of halogens is 1. The highest BCUT2D eigenvalue weighted by molar-refractivity contribution is 9.10. The summed E-state index contributed by atoms with van der Waals surface area (Å²) in [6, 6.07) is 5.73. The zero-order valence-corrected chi connectivity index (χ0v) is 12.6. The van der Waals surface area contributed by atoms with E-state index >= 15 is 0 Å². The molecule has 5 heteroatoms. The minimum absolute atomic E-state index is 0.0709. The number of carbonyl (C=O) groups is 1. The zero-order chi connectivity index (χ0) is 13.1. The number of hydrogen-bond donors (Lipinski definition) is 1. The van der Waals surface area contributed by atoms with Crippen LogP contribution in [0.5, 0.6) is 0 Å². The molecule has 0 saturated carbocycles. The van der Waals surface area contributed by atoms with E-state index in [9.17, 15) is 4.79 Å². The molecule has 1 N–H and O–H groups in total. The van der Waals surface area contributed by atoms with Gasteiger partial charge in [0.1, 0.15) is 0 Å². The number of rotatable bonds is 3. The summed E-state index contributed by atoms with van der Waals surface area (Å²) in [7, 11) is 0. The SMILES string of the molecule is Cc1ccc(Br)c(C(=O)NCc2scnc2C)c1. The van der Waals surface area contributed by atoms with Crippen LogP contribution < -0.4 is 5.32 Å². The van der Waals surface area contributed by atoms with Gasteiger partial charge in [0.25, 0.3) is 5.91 Å². The van der Waals surface area contributed by atoms with Gasteiger partial charge in [0.15, 0.2) is 0 Å². The lowest BCUT2D eigenvalue weighted by molar-refractivity contribution is 0.0950. The van der Waals surface area contributed by atoms with Crippen LogP contribution in [0.25, 0.3) is 0 Å². The first-order valence-corrected chi connectivity index (χ1v) is 7.18. The first kappa shape index (κ1) is 13.2. The predicted octanol–water partition coefficient (Wildman–Crippen LogP) is 3.45. The molecule has 1 aromatic carbocycles. The van der Waals surface area contributed by atoms with Gasteiger partial charge < -0.3 is 5.32 Å². The monoisotopic (exact) mass is 324 g/mol. The van der Waals surface area contributed by atoms with Crippen LogP contribution in [0.1, 0.15) is 26.5 Å². The Hall–Kier alpha value is -1.20. The molecule has 1 amide bonds. The number of benzene rings is 1. The van der Waals surface area contributed by atoms with Crippen LogP contribution in [-0.2, 0) is 6.54 Å². The van der Waals surface area contributed by atoms with Crippen LogP contribution in [0.4, 0.5) is 0 Å². The summed E-state index contributed by atoms with van der Waals surface area (Å²) in [5, 5.41) is 2.91. The van der Waals surface area contributed by atoms with Crippen molar-refractivity contribution in [1.29, 1.82) is 0 Å². The van der Waals surface area contributed by atoms with Gasteiger partial charge >= 0.3 is 0 Å². The Bertz CT molecular complexity index is 580. The second-order valence-electron chi connectivity index (χ2n) is 4.03. The fourth-order valence-electron chi connectivity index (χ4n) is 1.56. The molecular weight excluding hydrogens is 312 g/mol. The molecule has 1 heterocycles. The lowest BCUT2D eigenvalue weighted by Gasteiger charge is -2.07. The van der Waals surface area contributed by atoms with E-state index in [4.69, 9.17) is 0 Å². The lowest BCUT2D eigenvalue weighted by Crippen LogP contribution is -2.23. The van der Waals surface area contributed by atoms with E-state index in [1.165, 1.54) is 0 Å². The summed E-state index contributed by atoms with van der Waals surface area (Å²) >= 11 is 4.95. The van der Waals surface area contributed by atoms with E-state index in [1.54, 1.807) is 16.8 Å². The molecule has 0 spiro atoms. The van der Waals surface area contributed by atoms with Gasteiger partial charge in [-0.2, -0.15) is 0 Å². The van der Waals surface area contributed by atoms with E-state index < -0.39 is 0 Å². The van der Waals surface area contributed by atoms with Gasteiger partial charge in [-0.25, -0.2) is 4.98 Å². The summed E-state index contributed by atoms with van der Waals surface area (Å²) in [6.45, 7) is 4.44. The Morgan fingerprint density at radius 2 is 2.22 bits per heavy atom. The normalized spacial score (nSPS) is 10.4. The van der Waals surface area contributed by atoms with Gasteiger partial charge in [-0.3, -0.25) is 4.79 Å². The molecule has 0 saturated heterocycles. The Balaban J connectivity index is 2.08. The van der Waals surface area contributed by atoms with Crippen LogP contribution in [0.2, 0.25) is 0 Å². The summed E-state index contributed by atoms with van der Waals surface area (Å²) < 4.78 is 0.812. The van der Waals surface area contributed by atoms with Crippen molar-refractivity contribution in [1.82, 2.24) is 10.3 Å². The second-order valence-corrected chi connectivity index (χ2v) is 5.82. The van der Waals surface area contributed by atoms with Crippen molar-refractivity contribution in [3.05, 3.63) is 49.9 Å². The molecule has 0 aliphatic heterocycles. The van der Waals surface area contributed by atoms with Gasteiger partial charge in [-0.05, 0) is 41.9 Å². The second kappa shape index (κ2) is 5.63. The van der Waals surface area contributed by atoms with E-state index in [0.29, 0.717) is 12.1 Å². The van der Waals surface area contributed by atoms with Crippen molar-refractivity contribution >= 4 is 33.2 Å². The fourth-order valence-corrected chi connectivity index (χ4v) is 2.71. The molecule has 0 fully saturated rings. The van der Waals surface area contributed by atoms with Crippen LogP contribution in [0, 0.1) is 13.8 Å². The lowest BCUT2D eigenvalue weighted by atomic mass is 10.1. The maximum atomic E-state index is 12.1. The fraction of sp³-hybridized carbons (Fsp3) is 0.231. The minimum atomic E-state index is -0.0709. The number of nitrogens with one attached hydrogen (secondary N) is 1. The van der Waals surface area contributed by atoms with E-state index in [-0.39, 0.29) is 5.91 Å². The predicted molar refractivity (Wildman–Crippen MR) is 76.9 cm³/mol. The Morgan fingerprint density at radius 3 is 2.89 bits per heavy atom. The molecule has 0 radical (unpaired) electrons. The minimum Gasteiger partial charge on any atom is -0.347 e. The highest BCUT2D eigenvalue weighted by Gasteiger charge is 2.11. The Labute approximate surface area is 118 Å². The number of amides is 1. The molecule has 94 valence electrons. The van der Waals surface area contributed by atoms with Gasteiger partial charge in [0.05, 0.1) is 23.3 Å². The van der Waals surface area contributed by atoms with Crippen LogP contribution in [0.15, 0.2) is 28.2 Å². The average molecular weight is 325 g/mol. The number of hydrogen-bond acceptors (Lipinski definition) is 3. The zero-order valence-electron chi connectivity index (χ0n) is 10.2. The van der Waals surface area contributed by atoms with Gasteiger partial charge in [-0.15, -0.1) is 11.3 Å². The van der Waals surface area contributed by atoms with E-state index in [0.717, 1.165) is 20.6 Å². The highest BCUT2D eigenvalue weighted by atomic mass is 79.9. The maximum Gasteiger partial charge on any atom is 0.252 e. The first-order chi connectivity index (χ1) is 8.58. The molecule has 2 rings (SSSR count). The van der Waals surface area contributed by atoms with Gasteiger partial charge in [0.2, 0.25) is 0 Å². The number of thiazole rings is 1. The van der Waals surface area contributed by atoms with Crippen molar-refractivity contribution in [3.8, 4) is 0 Å². The van der Waals surface area contributed by atoms with Crippen molar-refractivity contribution < 1.29 is 4.79 Å². The molecule has 0 atom stereocenters. The summed E-state index contributed by atoms with van der Waals surface area (Å²) in [4.78, 5) is 17.3. The third-order valence-electron chi connectivity index (χ3n) is 2.62. The number of aromatic nitrogens is 1. The largest absolute Gasteiger partial charge is 0.347 e. The Kier molecular flexibility index (Phi) is 4.14. The smallest absolute Gasteiger partial charge is 0.252 e. The summed E-state index contributed by atoms with van der Waals surface area (Å²) in [5.41, 5.74) is 4.50. The van der Waals surface area contributed by atoms with Gasteiger partial charge in [-0.1, -0.05) is 11.6 Å². The summed E-state index contributed by atoms with van der Waals surface area (Å²) in [5.74, 6) is -0.0709. The van der Waals surface area contributed by atoms with Crippen LogP contribution in [-0.4, -0.2) is 10.9 Å². The van der Waals surface area contributed by atoms with Crippen molar-refractivity contribution in [3.63, 3.8) is 0 Å². The quantitative estimate of drug-likeness (QED) is 0.939.